The molecule has 1 aromatic heterocycles. The second-order valence-corrected chi connectivity index (χ2v) is 3.58. The Bertz CT molecular complexity index is 420. The average molecular weight is 229 g/mol. The molecule has 0 saturated carbocycles. The standard InChI is InChI=1S/C9H9ClN2O3/c1-5(6(2)13)9-8(12(14)15)3-7(10)4-11-9/h3-5H,1-2H3. The number of hydrogen-bond donors (Lipinski definition) is 0. The maximum Gasteiger partial charge on any atom is 0.292 e. The van der Waals surface area contributed by atoms with Gasteiger partial charge in [-0.1, -0.05) is 11.6 Å². The molecule has 0 fully saturated rings. The molecule has 0 bridgehead atoms. The Morgan fingerprint density at radius 1 is 1.67 bits per heavy atom. The zero-order valence-electron chi connectivity index (χ0n) is 8.23. The Kier molecular flexibility index (Phi) is 3.36. The van der Waals surface area contributed by atoms with E-state index in [1.807, 2.05) is 0 Å². The number of carbonyl (C=O) groups excluding carboxylic acids is 1. The molecule has 0 saturated heterocycles. The lowest BCUT2D eigenvalue weighted by molar-refractivity contribution is -0.386. The zero-order valence-corrected chi connectivity index (χ0v) is 8.99. The highest BCUT2D eigenvalue weighted by atomic mass is 35.5. The van der Waals surface area contributed by atoms with Gasteiger partial charge in [0, 0.05) is 12.3 Å². The van der Waals surface area contributed by atoms with Gasteiger partial charge in [-0.05, 0) is 13.8 Å². The monoisotopic (exact) mass is 228 g/mol. The number of rotatable bonds is 3. The molecular weight excluding hydrogens is 220 g/mol. The third-order valence-corrected chi connectivity index (χ3v) is 2.29. The number of ketones is 1. The molecule has 0 aliphatic heterocycles. The van der Waals surface area contributed by atoms with E-state index in [-0.39, 0.29) is 22.2 Å². The number of hydrogen-bond acceptors (Lipinski definition) is 4. The molecule has 0 N–H and O–H groups in total. The maximum atomic E-state index is 11.1. The highest BCUT2D eigenvalue weighted by Crippen LogP contribution is 2.27. The first-order valence-electron chi connectivity index (χ1n) is 4.23. The van der Waals surface area contributed by atoms with Gasteiger partial charge in [-0.3, -0.25) is 19.9 Å². The second-order valence-electron chi connectivity index (χ2n) is 3.15. The van der Waals surface area contributed by atoms with Gasteiger partial charge >= 0.3 is 0 Å². The number of carbonyl (C=O) groups is 1. The Balaban J connectivity index is 3.28. The molecule has 5 nitrogen and oxygen atoms in total. The van der Waals surface area contributed by atoms with E-state index in [9.17, 15) is 14.9 Å². The second kappa shape index (κ2) is 4.35. The van der Waals surface area contributed by atoms with Crippen molar-refractivity contribution in [2.45, 2.75) is 19.8 Å². The van der Waals surface area contributed by atoms with Crippen LogP contribution in [-0.2, 0) is 4.79 Å². The topological polar surface area (TPSA) is 73.1 Å². The third kappa shape index (κ3) is 2.50. The van der Waals surface area contributed by atoms with Gasteiger partial charge in [-0.25, -0.2) is 0 Å². The largest absolute Gasteiger partial charge is 0.299 e. The zero-order chi connectivity index (χ0) is 11.6. The van der Waals surface area contributed by atoms with E-state index < -0.39 is 10.8 Å². The highest BCUT2D eigenvalue weighted by molar-refractivity contribution is 6.30. The molecule has 1 rings (SSSR count). The summed E-state index contributed by atoms with van der Waals surface area (Å²) in [6.07, 6.45) is 1.29. The van der Waals surface area contributed by atoms with Crippen LogP contribution in [0.1, 0.15) is 25.5 Å². The molecule has 0 amide bonds. The maximum absolute atomic E-state index is 11.1. The van der Waals surface area contributed by atoms with Crippen LogP contribution in [-0.4, -0.2) is 15.7 Å². The predicted octanol–water partition coefficient (Wildman–Crippen LogP) is 2.34. The fourth-order valence-corrected chi connectivity index (χ4v) is 1.26. The number of nitrogens with zero attached hydrogens (tertiary/aromatic N) is 2. The number of halogens is 1. The Labute approximate surface area is 91.2 Å². The molecule has 6 heteroatoms. The fraction of sp³-hybridized carbons (Fsp3) is 0.333. The van der Waals surface area contributed by atoms with E-state index in [0.717, 1.165) is 0 Å². The van der Waals surface area contributed by atoms with E-state index in [1.165, 1.54) is 19.2 Å². The number of aromatic nitrogens is 1. The summed E-state index contributed by atoms with van der Waals surface area (Å²) >= 11 is 5.59. The lowest BCUT2D eigenvalue weighted by Gasteiger charge is -2.07. The minimum atomic E-state index is -0.595. The van der Waals surface area contributed by atoms with Crippen LogP contribution in [0.2, 0.25) is 5.02 Å². The van der Waals surface area contributed by atoms with Crippen molar-refractivity contribution in [3.63, 3.8) is 0 Å². The summed E-state index contributed by atoms with van der Waals surface area (Å²) in [5.74, 6) is -0.768. The molecule has 80 valence electrons. The molecule has 1 aromatic rings. The van der Waals surface area contributed by atoms with Crippen molar-refractivity contribution in [3.8, 4) is 0 Å². The Morgan fingerprint density at radius 2 is 2.27 bits per heavy atom. The molecule has 0 aromatic carbocycles. The van der Waals surface area contributed by atoms with Crippen molar-refractivity contribution in [3.05, 3.63) is 33.1 Å². The molecule has 1 atom stereocenters. The summed E-state index contributed by atoms with van der Waals surface area (Å²) in [4.78, 5) is 25.0. The van der Waals surface area contributed by atoms with Gasteiger partial charge in [0.05, 0.1) is 15.9 Å². The molecule has 1 unspecified atom stereocenters. The smallest absolute Gasteiger partial charge is 0.292 e. The van der Waals surface area contributed by atoms with Crippen molar-refractivity contribution in [2.75, 3.05) is 0 Å². The van der Waals surface area contributed by atoms with Crippen LogP contribution < -0.4 is 0 Å². The van der Waals surface area contributed by atoms with Crippen LogP contribution in [0.5, 0.6) is 0 Å². The van der Waals surface area contributed by atoms with Gasteiger partial charge < -0.3 is 0 Å². The predicted molar refractivity (Wildman–Crippen MR) is 55.0 cm³/mol. The van der Waals surface area contributed by atoms with Crippen LogP contribution in [0.25, 0.3) is 0 Å². The quantitative estimate of drug-likeness (QED) is 0.588. The average Bonchev–Trinajstić information content (AvgIpc) is 2.16. The molecular formula is C9H9ClN2O3. The number of Topliss-reactive ketones (excluding diaryl/α,β-unsaturated/α-hetero) is 1. The summed E-state index contributed by atoms with van der Waals surface area (Å²) in [5.41, 5.74) is -0.0675. The van der Waals surface area contributed by atoms with Gasteiger partial charge in [0.25, 0.3) is 5.69 Å². The van der Waals surface area contributed by atoms with Gasteiger partial charge in [-0.2, -0.15) is 0 Å². The molecule has 0 radical (unpaired) electrons. The first-order chi connectivity index (χ1) is 6.93. The van der Waals surface area contributed by atoms with Crippen molar-refractivity contribution in [1.82, 2.24) is 4.98 Å². The van der Waals surface area contributed by atoms with Gasteiger partial charge in [0.1, 0.15) is 11.5 Å². The van der Waals surface area contributed by atoms with Crippen LogP contribution in [0.4, 0.5) is 5.69 Å². The Hall–Kier alpha value is -1.49. The van der Waals surface area contributed by atoms with Gasteiger partial charge in [-0.15, -0.1) is 0 Å². The molecule has 0 aliphatic rings. The van der Waals surface area contributed by atoms with Crippen LogP contribution in [0, 0.1) is 10.1 Å². The molecule has 15 heavy (non-hydrogen) atoms. The minimum Gasteiger partial charge on any atom is -0.299 e. The van der Waals surface area contributed by atoms with E-state index in [1.54, 1.807) is 6.92 Å². The highest BCUT2D eigenvalue weighted by Gasteiger charge is 2.23. The third-order valence-electron chi connectivity index (χ3n) is 2.08. The Morgan fingerprint density at radius 3 is 2.73 bits per heavy atom. The summed E-state index contributed by atoms with van der Waals surface area (Å²) < 4.78 is 0. The van der Waals surface area contributed by atoms with Crippen LogP contribution in [0.3, 0.4) is 0 Å². The van der Waals surface area contributed by atoms with Crippen molar-refractivity contribution in [1.29, 1.82) is 0 Å². The number of pyridine rings is 1. The minimum absolute atomic E-state index is 0.150. The van der Waals surface area contributed by atoms with E-state index in [4.69, 9.17) is 11.6 Å². The summed E-state index contributed by atoms with van der Waals surface area (Å²) in [6, 6.07) is 1.20. The SMILES string of the molecule is CC(=O)C(C)c1ncc(Cl)cc1[N+](=O)[O-]. The van der Waals surface area contributed by atoms with Crippen LogP contribution in [0.15, 0.2) is 12.3 Å². The normalized spacial score (nSPS) is 12.2. The van der Waals surface area contributed by atoms with E-state index >= 15 is 0 Å². The summed E-state index contributed by atoms with van der Waals surface area (Å²) in [7, 11) is 0. The summed E-state index contributed by atoms with van der Waals surface area (Å²) in [6.45, 7) is 2.94. The van der Waals surface area contributed by atoms with E-state index in [2.05, 4.69) is 4.98 Å². The van der Waals surface area contributed by atoms with Crippen molar-refractivity contribution >= 4 is 23.1 Å². The van der Waals surface area contributed by atoms with Crippen molar-refractivity contribution in [2.24, 2.45) is 0 Å². The van der Waals surface area contributed by atoms with Crippen LogP contribution >= 0.6 is 11.6 Å². The molecule has 0 aliphatic carbocycles. The first kappa shape index (κ1) is 11.6. The van der Waals surface area contributed by atoms with E-state index in [0.29, 0.717) is 0 Å². The first-order valence-corrected chi connectivity index (χ1v) is 4.61. The lowest BCUT2D eigenvalue weighted by atomic mass is 10.0. The lowest BCUT2D eigenvalue weighted by Crippen LogP contribution is -2.09. The van der Waals surface area contributed by atoms with Gasteiger partial charge in [0.2, 0.25) is 0 Å². The molecule has 0 spiro atoms. The van der Waals surface area contributed by atoms with Gasteiger partial charge in [0.15, 0.2) is 0 Å². The number of nitro groups is 1. The molecule has 1 heterocycles. The fourth-order valence-electron chi connectivity index (χ4n) is 1.11. The van der Waals surface area contributed by atoms with Crippen molar-refractivity contribution < 1.29 is 9.72 Å². The summed E-state index contributed by atoms with van der Waals surface area (Å²) in [5, 5.41) is 10.9.